The lowest BCUT2D eigenvalue weighted by atomic mass is 10.1. The van der Waals surface area contributed by atoms with E-state index in [-0.39, 0.29) is 51.0 Å². The summed E-state index contributed by atoms with van der Waals surface area (Å²) in [7, 11) is -4.13. The van der Waals surface area contributed by atoms with Gasteiger partial charge in [0.2, 0.25) is 0 Å². The number of amidine groups is 1. The lowest BCUT2D eigenvalue weighted by Gasteiger charge is -2.20. The molecule has 2 aromatic carbocycles. The maximum Gasteiger partial charge on any atom is 0.293 e. The third-order valence-corrected chi connectivity index (χ3v) is 6.56. The first-order chi connectivity index (χ1) is 15.1. The van der Waals surface area contributed by atoms with Gasteiger partial charge in [0, 0.05) is 18.0 Å². The standard InChI is InChI=1S/C21H20N4O6S/c1-12(2)10-11-24-18-13(6-5-8-15(18)25(28)29)19(26)17(21(24)27)20-22-14-7-3-4-9-16(14)32(30,31)23-20/h3-9,12,26H,10-11H2,1-2H3,(H,22,23). The van der Waals surface area contributed by atoms with E-state index in [1.807, 2.05) is 13.8 Å². The first kappa shape index (κ1) is 21.5. The lowest BCUT2D eigenvalue weighted by molar-refractivity contribution is -0.383. The van der Waals surface area contributed by atoms with Crippen molar-refractivity contribution in [3.63, 3.8) is 0 Å². The molecular weight excluding hydrogens is 436 g/mol. The zero-order valence-corrected chi connectivity index (χ0v) is 18.1. The van der Waals surface area contributed by atoms with Gasteiger partial charge < -0.3 is 15.0 Å². The van der Waals surface area contributed by atoms with Gasteiger partial charge in [0.15, 0.2) is 5.84 Å². The molecule has 0 radical (unpaired) electrons. The molecule has 0 unspecified atom stereocenters. The average Bonchev–Trinajstić information content (AvgIpc) is 2.72. The highest BCUT2D eigenvalue weighted by Gasteiger charge is 2.31. The van der Waals surface area contributed by atoms with Gasteiger partial charge >= 0.3 is 0 Å². The highest BCUT2D eigenvalue weighted by molar-refractivity contribution is 7.90. The number of sulfonamides is 1. The molecule has 1 aromatic heterocycles. The van der Waals surface area contributed by atoms with E-state index < -0.39 is 26.3 Å². The summed E-state index contributed by atoms with van der Waals surface area (Å²) in [6.45, 7) is 4.03. The van der Waals surface area contributed by atoms with E-state index in [2.05, 4.69) is 9.71 Å². The number of benzene rings is 2. The predicted octanol–water partition coefficient (Wildman–Crippen LogP) is 3.22. The minimum atomic E-state index is -4.13. The second-order valence-corrected chi connectivity index (χ2v) is 9.40. The number of nitro benzene ring substituents is 1. The number of rotatable bonds is 5. The van der Waals surface area contributed by atoms with Crippen molar-refractivity contribution >= 4 is 38.1 Å². The largest absolute Gasteiger partial charge is 0.506 e. The van der Waals surface area contributed by atoms with E-state index in [4.69, 9.17) is 0 Å². The molecule has 32 heavy (non-hydrogen) atoms. The zero-order valence-electron chi connectivity index (χ0n) is 17.3. The number of aromatic hydroxyl groups is 1. The molecular formula is C21H20N4O6S. The number of aryl methyl sites for hydroxylation is 1. The Morgan fingerprint density at radius 2 is 1.91 bits per heavy atom. The van der Waals surface area contributed by atoms with Gasteiger partial charge in [-0.1, -0.05) is 32.0 Å². The number of hydrogen-bond acceptors (Lipinski definition) is 7. The summed E-state index contributed by atoms with van der Waals surface area (Å²) < 4.78 is 30.3. The molecule has 1 aliphatic rings. The van der Waals surface area contributed by atoms with Crippen molar-refractivity contribution in [1.29, 1.82) is 0 Å². The van der Waals surface area contributed by atoms with E-state index in [0.29, 0.717) is 6.42 Å². The third kappa shape index (κ3) is 3.50. The minimum absolute atomic E-state index is 0.0240. The van der Waals surface area contributed by atoms with Gasteiger partial charge in [0.1, 0.15) is 21.7 Å². The van der Waals surface area contributed by atoms with Crippen LogP contribution in [0, 0.1) is 16.0 Å². The number of non-ortho nitro benzene ring substituents is 1. The van der Waals surface area contributed by atoms with Crippen molar-refractivity contribution in [3.05, 3.63) is 68.5 Å². The highest BCUT2D eigenvalue weighted by atomic mass is 32.2. The third-order valence-electron chi connectivity index (χ3n) is 5.23. The summed E-state index contributed by atoms with van der Waals surface area (Å²) >= 11 is 0. The van der Waals surface area contributed by atoms with Crippen LogP contribution < -0.4 is 10.9 Å². The van der Waals surface area contributed by atoms with Crippen molar-refractivity contribution in [1.82, 2.24) is 4.57 Å². The molecule has 0 saturated carbocycles. The van der Waals surface area contributed by atoms with Gasteiger partial charge in [-0.25, -0.2) is 0 Å². The minimum Gasteiger partial charge on any atom is -0.506 e. The molecule has 2 N–H and O–H groups in total. The van der Waals surface area contributed by atoms with Crippen LogP contribution >= 0.6 is 0 Å². The van der Waals surface area contributed by atoms with Crippen LogP contribution in [0.2, 0.25) is 0 Å². The number of aromatic nitrogens is 1. The van der Waals surface area contributed by atoms with Crippen LogP contribution in [0.5, 0.6) is 5.75 Å². The Hall–Kier alpha value is -3.73. The van der Waals surface area contributed by atoms with Crippen LogP contribution in [0.4, 0.5) is 11.4 Å². The van der Waals surface area contributed by atoms with E-state index in [9.17, 15) is 28.4 Å². The second kappa shape index (κ2) is 7.75. The molecule has 0 amide bonds. The van der Waals surface area contributed by atoms with E-state index in [1.165, 1.54) is 34.9 Å². The maximum absolute atomic E-state index is 13.5. The number of nitro groups is 1. The summed E-state index contributed by atoms with van der Waals surface area (Å²) in [4.78, 5) is 24.4. The zero-order chi connectivity index (χ0) is 23.2. The Labute approximate surface area is 183 Å². The molecule has 0 spiro atoms. The smallest absolute Gasteiger partial charge is 0.293 e. The van der Waals surface area contributed by atoms with Crippen molar-refractivity contribution in [3.8, 4) is 5.75 Å². The summed E-state index contributed by atoms with van der Waals surface area (Å²) in [5.74, 6) is -0.720. The van der Waals surface area contributed by atoms with Crippen molar-refractivity contribution in [2.45, 2.75) is 31.7 Å². The molecule has 2 heterocycles. The first-order valence-corrected chi connectivity index (χ1v) is 11.3. The lowest BCUT2D eigenvalue weighted by Crippen LogP contribution is -2.33. The van der Waals surface area contributed by atoms with Gasteiger partial charge in [-0.2, -0.15) is 8.42 Å². The van der Waals surface area contributed by atoms with E-state index in [0.717, 1.165) is 0 Å². The number of pyridine rings is 1. The van der Waals surface area contributed by atoms with Gasteiger partial charge in [-0.05, 0) is 30.5 Å². The van der Waals surface area contributed by atoms with Crippen LogP contribution in [0.25, 0.3) is 10.9 Å². The second-order valence-electron chi connectivity index (χ2n) is 7.83. The number of anilines is 1. The van der Waals surface area contributed by atoms with Crippen molar-refractivity contribution in [2.24, 2.45) is 10.3 Å². The molecule has 0 saturated heterocycles. The molecule has 0 fully saturated rings. The number of nitrogens with one attached hydrogen (secondary N) is 1. The van der Waals surface area contributed by atoms with Gasteiger partial charge in [-0.15, -0.1) is 4.40 Å². The monoisotopic (exact) mass is 456 g/mol. The molecule has 4 rings (SSSR count). The molecule has 1 aliphatic heterocycles. The molecule has 10 nitrogen and oxygen atoms in total. The van der Waals surface area contributed by atoms with Crippen molar-refractivity contribution in [2.75, 3.05) is 5.32 Å². The van der Waals surface area contributed by atoms with Crippen LogP contribution in [-0.2, 0) is 16.6 Å². The first-order valence-electron chi connectivity index (χ1n) is 9.86. The van der Waals surface area contributed by atoms with Crippen LogP contribution in [0.15, 0.2) is 56.6 Å². The fourth-order valence-corrected chi connectivity index (χ4v) is 4.79. The Morgan fingerprint density at radius 1 is 1.19 bits per heavy atom. The predicted molar refractivity (Wildman–Crippen MR) is 120 cm³/mol. The summed E-state index contributed by atoms with van der Waals surface area (Å²) in [6, 6.07) is 10.1. The Morgan fingerprint density at radius 3 is 2.59 bits per heavy atom. The Kier molecular flexibility index (Phi) is 5.21. The number of fused-ring (bicyclic) bond motifs is 2. The topological polar surface area (TPSA) is 144 Å². The van der Waals surface area contributed by atoms with Crippen LogP contribution in [0.1, 0.15) is 25.8 Å². The van der Waals surface area contributed by atoms with E-state index >= 15 is 0 Å². The molecule has 0 aliphatic carbocycles. The van der Waals surface area contributed by atoms with Crippen LogP contribution in [0.3, 0.4) is 0 Å². The molecule has 166 valence electrons. The molecule has 3 aromatic rings. The Balaban J connectivity index is 2.05. The summed E-state index contributed by atoms with van der Waals surface area (Å²) in [5, 5.41) is 25.4. The summed E-state index contributed by atoms with van der Waals surface area (Å²) in [6.07, 6.45) is 0.534. The average molecular weight is 456 g/mol. The number of para-hydroxylation sites is 2. The highest BCUT2D eigenvalue weighted by Crippen LogP contribution is 2.35. The van der Waals surface area contributed by atoms with Gasteiger partial charge in [0.05, 0.1) is 10.6 Å². The quantitative estimate of drug-likeness (QED) is 0.443. The van der Waals surface area contributed by atoms with Gasteiger partial charge in [-0.3, -0.25) is 14.9 Å². The summed E-state index contributed by atoms with van der Waals surface area (Å²) in [5.41, 5.74) is -1.28. The van der Waals surface area contributed by atoms with Gasteiger partial charge in [0.25, 0.3) is 21.3 Å². The molecule has 0 bridgehead atoms. The SMILES string of the molecule is CC(C)CCn1c(=O)c(C2=NS(=O)(=O)c3ccccc3N2)c(O)c2cccc([N+](=O)[O-])c21. The fourth-order valence-electron chi connectivity index (χ4n) is 3.66. The fraction of sp³-hybridized carbons (Fsp3) is 0.238. The number of hydrogen-bond donors (Lipinski definition) is 2. The Bertz CT molecular complexity index is 1460. The molecule has 0 atom stereocenters. The van der Waals surface area contributed by atoms with E-state index in [1.54, 1.807) is 12.1 Å². The molecule has 11 heteroatoms. The number of nitrogens with zero attached hydrogens (tertiary/aromatic N) is 3. The van der Waals surface area contributed by atoms with Crippen LogP contribution in [-0.4, -0.2) is 28.9 Å². The van der Waals surface area contributed by atoms with Crippen molar-refractivity contribution < 1.29 is 18.4 Å². The maximum atomic E-state index is 13.5. The normalized spacial score (nSPS) is 14.7.